The molecule has 0 saturated carbocycles. The van der Waals surface area contributed by atoms with E-state index in [0.717, 1.165) is 4.90 Å². The topological polar surface area (TPSA) is 89.8 Å². The van der Waals surface area contributed by atoms with Crippen molar-refractivity contribution in [3.05, 3.63) is 34.4 Å². The highest BCUT2D eigenvalue weighted by molar-refractivity contribution is 5.85. The maximum Gasteiger partial charge on any atom is 0.325 e. The van der Waals surface area contributed by atoms with E-state index in [1.165, 1.54) is 31.4 Å². The first-order chi connectivity index (χ1) is 8.08. The Morgan fingerprint density at radius 3 is 2.47 bits per heavy atom. The Kier molecular flexibility index (Phi) is 4.15. The number of carbonyl (C=O) groups is 2. The van der Waals surface area contributed by atoms with Crippen LogP contribution in [0.3, 0.4) is 0 Å². The molecular weight excluding hydrogens is 228 g/mol. The molecular formula is C10H10N2O5. The molecule has 17 heavy (non-hydrogen) atoms. The number of ether oxygens (including phenoxy) is 1. The Morgan fingerprint density at radius 2 is 2.06 bits per heavy atom. The maximum absolute atomic E-state index is 11.0. The number of amides is 1. The number of hydrogen-bond acceptors (Lipinski definition) is 5. The van der Waals surface area contributed by atoms with Crippen molar-refractivity contribution in [1.82, 2.24) is 0 Å². The zero-order valence-electron chi connectivity index (χ0n) is 9.03. The molecule has 0 bridgehead atoms. The molecule has 0 aliphatic rings. The van der Waals surface area contributed by atoms with E-state index in [-0.39, 0.29) is 12.2 Å². The van der Waals surface area contributed by atoms with Gasteiger partial charge in [-0.05, 0) is 12.1 Å². The Morgan fingerprint density at radius 1 is 1.47 bits per heavy atom. The predicted molar refractivity (Wildman–Crippen MR) is 58.5 cm³/mol. The summed E-state index contributed by atoms with van der Waals surface area (Å²) in [7, 11) is 1.21. The van der Waals surface area contributed by atoms with Crippen molar-refractivity contribution in [2.24, 2.45) is 0 Å². The fourth-order valence-electron chi connectivity index (χ4n) is 1.16. The lowest BCUT2D eigenvalue weighted by Crippen LogP contribution is -2.29. The van der Waals surface area contributed by atoms with Crippen molar-refractivity contribution in [3.63, 3.8) is 0 Å². The van der Waals surface area contributed by atoms with E-state index in [2.05, 4.69) is 4.74 Å². The maximum atomic E-state index is 11.0. The van der Waals surface area contributed by atoms with Crippen LogP contribution < -0.4 is 4.90 Å². The number of hydrogen-bond donors (Lipinski definition) is 0. The summed E-state index contributed by atoms with van der Waals surface area (Å²) in [5, 5.41) is 10.4. The highest BCUT2D eigenvalue weighted by Crippen LogP contribution is 2.18. The predicted octanol–water partition coefficient (Wildman–Crippen LogP) is 0.731. The third-order valence-electron chi connectivity index (χ3n) is 2.05. The van der Waals surface area contributed by atoms with Crippen LogP contribution in [0, 0.1) is 10.1 Å². The second kappa shape index (κ2) is 5.59. The molecule has 0 aromatic heterocycles. The Balaban J connectivity index is 2.85. The number of non-ortho nitro benzene ring substituents is 1. The van der Waals surface area contributed by atoms with Crippen LogP contribution in [0.25, 0.3) is 0 Å². The molecule has 0 fully saturated rings. The van der Waals surface area contributed by atoms with Crippen LogP contribution in [-0.2, 0) is 14.3 Å². The first kappa shape index (κ1) is 12.6. The van der Waals surface area contributed by atoms with E-state index >= 15 is 0 Å². The molecule has 90 valence electrons. The van der Waals surface area contributed by atoms with Gasteiger partial charge in [0, 0.05) is 17.8 Å². The molecule has 0 aliphatic heterocycles. The Labute approximate surface area is 96.7 Å². The number of methoxy groups -OCH3 is 1. The molecule has 1 aromatic carbocycles. The molecule has 7 nitrogen and oxygen atoms in total. The van der Waals surface area contributed by atoms with Gasteiger partial charge in [-0.25, -0.2) is 0 Å². The van der Waals surface area contributed by atoms with Crippen molar-refractivity contribution < 1.29 is 19.2 Å². The second-order valence-electron chi connectivity index (χ2n) is 3.08. The molecule has 0 heterocycles. The molecule has 0 N–H and O–H groups in total. The smallest absolute Gasteiger partial charge is 0.325 e. The van der Waals surface area contributed by atoms with E-state index in [1.54, 1.807) is 0 Å². The molecule has 1 rings (SSSR count). The molecule has 0 radical (unpaired) electrons. The summed E-state index contributed by atoms with van der Waals surface area (Å²) in [6, 6.07) is 5.27. The summed E-state index contributed by atoms with van der Waals surface area (Å²) < 4.78 is 4.42. The Hall–Kier alpha value is -2.44. The van der Waals surface area contributed by atoms with E-state index in [4.69, 9.17) is 0 Å². The van der Waals surface area contributed by atoms with Crippen molar-refractivity contribution >= 4 is 23.8 Å². The highest BCUT2D eigenvalue weighted by atomic mass is 16.6. The molecule has 0 unspecified atom stereocenters. The summed E-state index contributed by atoms with van der Waals surface area (Å²) in [5.74, 6) is -0.574. The van der Waals surface area contributed by atoms with Gasteiger partial charge in [0.05, 0.1) is 12.0 Å². The van der Waals surface area contributed by atoms with Gasteiger partial charge in [-0.2, -0.15) is 0 Å². The van der Waals surface area contributed by atoms with E-state index in [9.17, 15) is 19.7 Å². The number of carbonyl (C=O) groups excluding carboxylic acids is 2. The van der Waals surface area contributed by atoms with Crippen LogP contribution in [0.4, 0.5) is 11.4 Å². The summed E-state index contributed by atoms with van der Waals surface area (Å²) in [5.41, 5.74) is 0.300. The summed E-state index contributed by atoms with van der Waals surface area (Å²) in [6.07, 6.45) is 0.456. The third-order valence-corrected chi connectivity index (χ3v) is 2.05. The van der Waals surface area contributed by atoms with Crippen molar-refractivity contribution in [2.75, 3.05) is 18.6 Å². The average molecular weight is 238 g/mol. The SMILES string of the molecule is COC(=O)CN(C=O)c1ccc([N+](=O)[O-])cc1. The highest BCUT2D eigenvalue weighted by Gasteiger charge is 2.12. The van der Waals surface area contributed by atoms with Crippen LogP contribution in [0.1, 0.15) is 0 Å². The van der Waals surface area contributed by atoms with Gasteiger partial charge in [0.25, 0.3) is 5.69 Å². The monoisotopic (exact) mass is 238 g/mol. The summed E-state index contributed by atoms with van der Waals surface area (Å²) >= 11 is 0. The quantitative estimate of drug-likeness (QED) is 0.326. The number of benzene rings is 1. The standard InChI is InChI=1S/C10H10N2O5/c1-17-10(14)6-11(7-13)8-2-4-9(5-3-8)12(15)16/h2-5,7H,6H2,1H3. The van der Waals surface area contributed by atoms with Crippen LogP contribution in [0.2, 0.25) is 0 Å². The van der Waals surface area contributed by atoms with Crippen molar-refractivity contribution in [1.29, 1.82) is 0 Å². The lowest BCUT2D eigenvalue weighted by Gasteiger charge is -2.15. The molecule has 0 saturated heterocycles. The zero-order chi connectivity index (χ0) is 12.8. The Bertz CT molecular complexity index is 429. The van der Waals surface area contributed by atoms with Gasteiger partial charge in [0.1, 0.15) is 6.54 Å². The van der Waals surface area contributed by atoms with Crippen LogP contribution in [0.5, 0.6) is 0 Å². The molecule has 7 heteroatoms. The van der Waals surface area contributed by atoms with E-state index in [0.29, 0.717) is 12.1 Å². The minimum atomic E-state index is -0.574. The summed E-state index contributed by atoms with van der Waals surface area (Å²) in [4.78, 5) is 32.7. The first-order valence-corrected chi connectivity index (χ1v) is 4.61. The number of nitro benzene ring substituents is 1. The average Bonchev–Trinajstić information content (AvgIpc) is 2.35. The molecule has 0 atom stereocenters. The molecule has 1 amide bonds. The van der Waals surface area contributed by atoms with Gasteiger partial charge in [0.15, 0.2) is 0 Å². The number of nitro groups is 1. The summed E-state index contributed by atoms with van der Waals surface area (Å²) in [6.45, 7) is -0.238. The molecule has 0 spiro atoms. The van der Waals surface area contributed by atoms with Gasteiger partial charge in [-0.1, -0.05) is 0 Å². The fourth-order valence-corrected chi connectivity index (χ4v) is 1.16. The number of esters is 1. The van der Waals surface area contributed by atoms with Crippen LogP contribution >= 0.6 is 0 Å². The minimum Gasteiger partial charge on any atom is -0.468 e. The van der Waals surface area contributed by atoms with Crippen LogP contribution in [-0.4, -0.2) is 31.0 Å². The second-order valence-corrected chi connectivity index (χ2v) is 3.08. The number of nitrogens with zero attached hydrogens (tertiary/aromatic N) is 2. The number of anilines is 1. The van der Waals surface area contributed by atoms with Gasteiger partial charge in [0.2, 0.25) is 6.41 Å². The minimum absolute atomic E-state index is 0.0855. The van der Waals surface area contributed by atoms with E-state index in [1.807, 2.05) is 0 Å². The lowest BCUT2D eigenvalue weighted by molar-refractivity contribution is -0.384. The van der Waals surface area contributed by atoms with Gasteiger partial charge >= 0.3 is 5.97 Å². The first-order valence-electron chi connectivity index (χ1n) is 4.61. The third kappa shape index (κ3) is 3.26. The van der Waals surface area contributed by atoms with Crippen LogP contribution in [0.15, 0.2) is 24.3 Å². The van der Waals surface area contributed by atoms with Gasteiger partial charge in [-0.3, -0.25) is 19.7 Å². The van der Waals surface area contributed by atoms with E-state index < -0.39 is 10.9 Å². The largest absolute Gasteiger partial charge is 0.468 e. The van der Waals surface area contributed by atoms with Gasteiger partial charge < -0.3 is 9.64 Å². The lowest BCUT2D eigenvalue weighted by atomic mass is 10.2. The van der Waals surface area contributed by atoms with Crippen molar-refractivity contribution in [3.8, 4) is 0 Å². The molecule has 0 aliphatic carbocycles. The zero-order valence-corrected chi connectivity index (χ0v) is 9.03. The molecule has 1 aromatic rings. The fraction of sp³-hybridized carbons (Fsp3) is 0.200. The van der Waals surface area contributed by atoms with Crippen molar-refractivity contribution in [2.45, 2.75) is 0 Å². The van der Waals surface area contributed by atoms with Gasteiger partial charge in [-0.15, -0.1) is 0 Å². The number of rotatable bonds is 5. The normalized spacial score (nSPS) is 9.47.